The molecule has 1 amide bonds. The number of nitrogens with one attached hydrogen (secondary N) is 1. The minimum atomic E-state index is -0.556. The fraction of sp³-hybridized carbons (Fsp3) is 0.105. The second-order valence-electron chi connectivity index (χ2n) is 5.70. The first-order valence-corrected chi connectivity index (χ1v) is 8.94. The number of furan rings is 1. The molecule has 0 aliphatic heterocycles. The van der Waals surface area contributed by atoms with E-state index >= 15 is 0 Å². The lowest BCUT2D eigenvalue weighted by atomic mass is 10.2. The summed E-state index contributed by atoms with van der Waals surface area (Å²) >= 11 is 12.0. The molecule has 0 spiro atoms. The molecule has 0 aliphatic rings. The van der Waals surface area contributed by atoms with E-state index in [9.17, 15) is 14.9 Å². The number of halogens is 2. The lowest BCUT2D eigenvalue weighted by Gasteiger charge is -2.09. The van der Waals surface area contributed by atoms with Crippen LogP contribution in [-0.4, -0.2) is 17.9 Å². The van der Waals surface area contributed by atoms with Crippen LogP contribution in [0.3, 0.4) is 0 Å². The van der Waals surface area contributed by atoms with Crippen LogP contribution in [0, 0.1) is 10.1 Å². The first kappa shape index (κ1) is 20.5. The lowest BCUT2D eigenvalue weighted by molar-refractivity contribution is -0.384. The number of amides is 1. The van der Waals surface area contributed by atoms with Gasteiger partial charge < -0.3 is 19.2 Å². The van der Waals surface area contributed by atoms with Crippen LogP contribution < -0.4 is 14.8 Å². The Balaban J connectivity index is 1.68. The molecule has 1 aromatic heterocycles. The highest BCUT2D eigenvalue weighted by Crippen LogP contribution is 2.32. The van der Waals surface area contributed by atoms with Crippen molar-refractivity contribution in [1.29, 1.82) is 0 Å². The van der Waals surface area contributed by atoms with Crippen LogP contribution >= 0.6 is 23.2 Å². The van der Waals surface area contributed by atoms with Crippen LogP contribution in [0.1, 0.15) is 16.3 Å². The Hall–Kier alpha value is -3.23. The summed E-state index contributed by atoms with van der Waals surface area (Å²) in [6, 6.07) is 11.9. The zero-order valence-corrected chi connectivity index (χ0v) is 16.5. The predicted molar refractivity (Wildman–Crippen MR) is 107 cm³/mol. The fourth-order valence-corrected chi connectivity index (χ4v) is 2.75. The van der Waals surface area contributed by atoms with Crippen LogP contribution in [0.25, 0.3) is 0 Å². The van der Waals surface area contributed by atoms with E-state index < -0.39 is 10.8 Å². The predicted octanol–water partition coefficient (Wildman–Crippen LogP) is 5.33. The van der Waals surface area contributed by atoms with E-state index in [0.29, 0.717) is 16.5 Å². The van der Waals surface area contributed by atoms with E-state index in [0.717, 1.165) is 0 Å². The third-order valence-corrected chi connectivity index (χ3v) is 4.62. The molecule has 1 heterocycles. The molecule has 0 atom stereocenters. The van der Waals surface area contributed by atoms with Crippen LogP contribution in [0.15, 0.2) is 52.9 Å². The largest absolute Gasteiger partial charge is 0.494 e. The standard InChI is InChI=1S/C19H14Cl2N2O6/c1-27-17-9-11(23(25)26)5-7-14(17)22-19(24)16-8-6-12(29-16)10-28-15-4-2-3-13(20)18(15)21/h2-9H,10H2,1H3,(H,22,24). The summed E-state index contributed by atoms with van der Waals surface area (Å²) in [4.78, 5) is 22.7. The van der Waals surface area contributed by atoms with E-state index in [1.165, 1.54) is 31.4 Å². The Morgan fingerprint density at radius 1 is 1.17 bits per heavy atom. The van der Waals surface area contributed by atoms with Gasteiger partial charge in [-0.25, -0.2) is 0 Å². The zero-order valence-electron chi connectivity index (χ0n) is 15.0. The number of anilines is 1. The number of carbonyl (C=O) groups excluding carboxylic acids is 1. The van der Waals surface area contributed by atoms with Gasteiger partial charge in [-0.15, -0.1) is 0 Å². The smallest absolute Gasteiger partial charge is 0.291 e. The highest BCUT2D eigenvalue weighted by Gasteiger charge is 2.17. The van der Waals surface area contributed by atoms with Crippen LogP contribution in [-0.2, 0) is 6.61 Å². The summed E-state index contributed by atoms with van der Waals surface area (Å²) in [5.41, 5.74) is 0.111. The minimum Gasteiger partial charge on any atom is -0.494 e. The Kier molecular flexibility index (Phi) is 6.26. The maximum absolute atomic E-state index is 12.4. The monoisotopic (exact) mass is 436 g/mol. The van der Waals surface area contributed by atoms with Crippen molar-refractivity contribution in [3.05, 3.63) is 80.2 Å². The van der Waals surface area contributed by atoms with Crippen molar-refractivity contribution >= 4 is 40.5 Å². The molecule has 1 N–H and O–H groups in total. The molecule has 0 saturated carbocycles. The van der Waals surface area contributed by atoms with E-state index in [4.69, 9.17) is 37.1 Å². The molecule has 0 aliphatic carbocycles. The molecule has 29 heavy (non-hydrogen) atoms. The summed E-state index contributed by atoms with van der Waals surface area (Å²) < 4.78 is 16.1. The van der Waals surface area contributed by atoms with Crippen molar-refractivity contribution in [3.8, 4) is 11.5 Å². The first-order chi connectivity index (χ1) is 13.9. The molecule has 0 unspecified atom stereocenters. The minimum absolute atomic E-state index is 0.0289. The molecule has 3 rings (SSSR count). The molecule has 0 bridgehead atoms. The van der Waals surface area contributed by atoms with Gasteiger partial charge in [0.25, 0.3) is 11.6 Å². The van der Waals surface area contributed by atoms with Crippen LogP contribution in [0.4, 0.5) is 11.4 Å². The van der Waals surface area contributed by atoms with Gasteiger partial charge >= 0.3 is 0 Å². The SMILES string of the molecule is COc1cc([N+](=O)[O-])ccc1NC(=O)c1ccc(COc2cccc(Cl)c2Cl)o1. The molecule has 0 fully saturated rings. The number of ether oxygens (including phenoxy) is 2. The third kappa shape index (κ3) is 4.79. The average molecular weight is 437 g/mol. The number of non-ortho nitro benzene ring substituents is 1. The average Bonchev–Trinajstić information content (AvgIpc) is 3.18. The quantitative estimate of drug-likeness (QED) is 0.396. The maximum Gasteiger partial charge on any atom is 0.291 e. The van der Waals surface area contributed by atoms with E-state index in [1.54, 1.807) is 24.3 Å². The van der Waals surface area contributed by atoms with Gasteiger partial charge in [-0.2, -0.15) is 0 Å². The topological polar surface area (TPSA) is 104 Å². The molecule has 3 aromatic rings. The highest BCUT2D eigenvalue weighted by molar-refractivity contribution is 6.42. The van der Waals surface area contributed by atoms with E-state index in [1.807, 2.05) is 0 Å². The molecule has 0 saturated heterocycles. The molecule has 0 radical (unpaired) electrons. The van der Waals surface area contributed by atoms with Gasteiger partial charge in [0.05, 0.1) is 28.8 Å². The Morgan fingerprint density at radius 2 is 1.97 bits per heavy atom. The first-order valence-electron chi connectivity index (χ1n) is 8.18. The molecule has 10 heteroatoms. The Morgan fingerprint density at radius 3 is 2.69 bits per heavy atom. The number of benzene rings is 2. The summed E-state index contributed by atoms with van der Waals surface area (Å²) in [5, 5.41) is 14.1. The van der Waals surface area contributed by atoms with Gasteiger partial charge in [0, 0.05) is 6.07 Å². The van der Waals surface area contributed by atoms with Crippen molar-refractivity contribution in [2.75, 3.05) is 12.4 Å². The lowest BCUT2D eigenvalue weighted by Crippen LogP contribution is -2.12. The van der Waals surface area contributed by atoms with Crippen molar-refractivity contribution in [2.24, 2.45) is 0 Å². The normalized spacial score (nSPS) is 10.4. The second kappa shape index (κ2) is 8.85. The third-order valence-electron chi connectivity index (χ3n) is 3.82. The van der Waals surface area contributed by atoms with Gasteiger partial charge in [0.2, 0.25) is 0 Å². The molecular formula is C19H14Cl2N2O6. The number of nitro benzene ring substituents is 1. The Bertz CT molecular complexity index is 1070. The zero-order chi connectivity index (χ0) is 21.0. The van der Waals surface area contributed by atoms with Crippen molar-refractivity contribution in [3.63, 3.8) is 0 Å². The van der Waals surface area contributed by atoms with Crippen LogP contribution in [0.2, 0.25) is 10.0 Å². The maximum atomic E-state index is 12.4. The molecule has 2 aromatic carbocycles. The van der Waals surface area contributed by atoms with Gasteiger partial charge in [0.1, 0.15) is 28.9 Å². The van der Waals surface area contributed by atoms with Crippen molar-refractivity contribution in [2.45, 2.75) is 6.61 Å². The number of nitrogens with zero attached hydrogens (tertiary/aromatic N) is 1. The van der Waals surface area contributed by atoms with E-state index in [-0.39, 0.29) is 34.5 Å². The number of rotatable bonds is 7. The number of hydrogen-bond acceptors (Lipinski definition) is 6. The number of hydrogen-bond donors (Lipinski definition) is 1. The second-order valence-corrected chi connectivity index (χ2v) is 6.49. The summed E-state index contributed by atoms with van der Waals surface area (Å²) in [7, 11) is 1.35. The van der Waals surface area contributed by atoms with Gasteiger partial charge in [0.15, 0.2) is 5.76 Å². The van der Waals surface area contributed by atoms with Crippen LogP contribution in [0.5, 0.6) is 11.5 Å². The Labute approximate surface area is 175 Å². The molecular weight excluding hydrogens is 423 g/mol. The molecule has 150 valence electrons. The van der Waals surface area contributed by atoms with Crippen molar-refractivity contribution < 1.29 is 23.6 Å². The summed E-state index contributed by atoms with van der Waals surface area (Å²) in [5.74, 6) is 0.405. The molecule has 8 nitrogen and oxygen atoms in total. The van der Waals surface area contributed by atoms with Crippen molar-refractivity contribution in [1.82, 2.24) is 0 Å². The van der Waals surface area contributed by atoms with Gasteiger partial charge in [-0.1, -0.05) is 29.3 Å². The van der Waals surface area contributed by atoms with E-state index in [2.05, 4.69) is 5.32 Å². The van der Waals surface area contributed by atoms with Gasteiger partial charge in [-0.05, 0) is 30.3 Å². The highest BCUT2D eigenvalue weighted by atomic mass is 35.5. The summed E-state index contributed by atoms with van der Waals surface area (Å²) in [6.07, 6.45) is 0. The summed E-state index contributed by atoms with van der Waals surface area (Å²) in [6.45, 7) is 0.0359. The number of nitro groups is 1. The fourth-order valence-electron chi connectivity index (χ4n) is 2.40. The number of methoxy groups -OCH3 is 1. The van der Waals surface area contributed by atoms with Gasteiger partial charge in [-0.3, -0.25) is 14.9 Å². The number of carbonyl (C=O) groups is 1.